The topological polar surface area (TPSA) is 62.3 Å². The van der Waals surface area contributed by atoms with Gasteiger partial charge >= 0.3 is 0 Å². The first-order valence-electron chi connectivity index (χ1n) is 4.69. The highest BCUT2D eigenvalue weighted by atomic mass is 16.5. The van der Waals surface area contributed by atoms with Crippen molar-refractivity contribution in [2.24, 2.45) is 0 Å². The van der Waals surface area contributed by atoms with Gasteiger partial charge in [0.25, 0.3) is 0 Å². The third-order valence-electron chi connectivity index (χ3n) is 2.22. The zero-order valence-electron chi connectivity index (χ0n) is 8.28. The zero-order valence-corrected chi connectivity index (χ0v) is 8.28. The minimum absolute atomic E-state index is 0.103. The van der Waals surface area contributed by atoms with Gasteiger partial charge in [-0.2, -0.15) is 0 Å². The van der Waals surface area contributed by atoms with Gasteiger partial charge in [-0.15, -0.1) is 0 Å². The van der Waals surface area contributed by atoms with E-state index in [9.17, 15) is 9.90 Å². The van der Waals surface area contributed by atoms with E-state index in [1.165, 1.54) is 0 Å². The molecule has 2 rings (SSSR count). The number of rotatable bonds is 3. The molecule has 0 fully saturated rings. The quantitative estimate of drug-likeness (QED) is 0.754. The average Bonchev–Trinajstić information content (AvgIpc) is 2.53. The highest BCUT2D eigenvalue weighted by molar-refractivity contribution is 6.00. The van der Waals surface area contributed by atoms with Crippen molar-refractivity contribution in [1.82, 2.24) is 4.98 Å². The Morgan fingerprint density at radius 3 is 3.00 bits per heavy atom. The lowest BCUT2D eigenvalue weighted by atomic mass is 10.2. The van der Waals surface area contributed by atoms with Gasteiger partial charge < -0.3 is 14.8 Å². The number of benzene rings is 1. The van der Waals surface area contributed by atoms with Gasteiger partial charge in [-0.3, -0.25) is 4.79 Å². The highest BCUT2D eigenvalue weighted by Crippen LogP contribution is 2.28. The molecule has 2 N–H and O–H groups in total. The molecule has 0 aliphatic heterocycles. The van der Waals surface area contributed by atoms with Crippen LogP contribution in [0, 0.1) is 0 Å². The molecule has 1 aromatic heterocycles. The van der Waals surface area contributed by atoms with Crippen LogP contribution in [0.4, 0.5) is 0 Å². The van der Waals surface area contributed by atoms with E-state index >= 15 is 0 Å². The van der Waals surface area contributed by atoms with Crippen molar-refractivity contribution in [2.75, 3.05) is 6.61 Å². The van der Waals surface area contributed by atoms with Crippen molar-refractivity contribution in [1.29, 1.82) is 0 Å². The molecule has 1 aromatic carbocycles. The van der Waals surface area contributed by atoms with Crippen LogP contribution in [0.3, 0.4) is 0 Å². The van der Waals surface area contributed by atoms with Gasteiger partial charge in [0.2, 0.25) is 0 Å². The summed E-state index contributed by atoms with van der Waals surface area (Å²) in [4.78, 5) is 13.5. The fourth-order valence-electron chi connectivity index (χ4n) is 1.55. The van der Waals surface area contributed by atoms with Crippen molar-refractivity contribution < 1.29 is 14.6 Å². The molecular formula is C11H11NO3. The molecule has 0 aliphatic rings. The summed E-state index contributed by atoms with van der Waals surface area (Å²) in [6, 6.07) is 5.29. The van der Waals surface area contributed by atoms with Crippen LogP contribution in [0.1, 0.15) is 17.3 Å². The van der Waals surface area contributed by atoms with Crippen molar-refractivity contribution in [3.8, 4) is 11.6 Å². The standard InChI is InChI=1S/C11H11NO3/c1-2-15-7-3-4-10-8(5-7)9(6-13)11(14)12-10/h3-6,12,14H,2H2,1H3. The number of hydrogen-bond acceptors (Lipinski definition) is 3. The molecule has 2 aromatic rings. The van der Waals surface area contributed by atoms with Gasteiger partial charge in [-0.1, -0.05) is 0 Å². The second-order valence-electron chi connectivity index (χ2n) is 3.15. The Morgan fingerprint density at radius 1 is 1.53 bits per heavy atom. The van der Waals surface area contributed by atoms with E-state index in [0.29, 0.717) is 24.0 Å². The van der Waals surface area contributed by atoms with Gasteiger partial charge in [0.05, 0.1) is 12.2 Å². The predicted molar refractivity (Wildman–Crippen MR) is 56.5 cm³/mol. The van der Waals surface area contributed by atoms with E-state index in [2.05, 4.69) is 4.98 Å². The number of hydrogen-bond donors (Lipinski definition) is 2. The first-order valence-corrected chi connectivity index (χ1v) is 4.69. The largest absolute Gasteiger partial charge is 0.494 e. The van der Waals surface area contributed by atoms with Crippen LogP contribution in [0.2, 0.25) is 0 Å². The molecule has 78 valence electrons. The molecule has 0 unspecified atom stereocenters. The number of aromatic amines is 1. The molecule has 0 saturated carbocycles. The maximum absolute atomic E-state index is 10.8. The number of aromatic nitrogens is 1. The minimum Gasteiger partial charge on any atom is -0.494 e. The SMILES string of the molecule is CCOc1ccc2[nH]c(O)c(C=O)c2c1. The summed E-state index contributed by atoms with van der Waals surface area (Å²) < 4.78 is 5.31. The monoisotopic (exact) mass is 205 g/mol. The number of carbonyl (C=O) groups excluding carboxylic acids is 1. The van der Waals surface area contributed by atoms with Crippen LogP contribution in [0.5, 0.6) is 11.6 Å². The smallest absolute Gasteiger partial charge is 0.200 e. The summed E-state index contributed by atoms with van der Waals surface area (Å²) >= 11 is 0. The summed E-state index contributed by atoms with van der Waals surface area (Å²) in [5.41, 5.74) is 0.990. The second-order valence-corrected chi connectivity index (χ2v) is 3.15. The van der Waals surface area contributed by atoms with Crippen molar-refractivity contribution in [3.63, 3.8) is 0 Å². The Balaban J connectivity index is 2.62. The second kappa shape index (κ2) is 3.65. The number of aromatic hydroxyl groups is 1. The Bertz CT molecular complexity index is 502. The molecule has 1 heterocycles. The van der Waals surface area contributed by atoms with Crippen LogP contribution in [-0.4, -0.2) is 23.0 Å². The van der Waals surface area contributed by atoms with Crippen LogP contribution in [0.25, 0.3) is 10.9 Å². The number of carbonyl (C=O) groups is 1. The molecule has 0 aliphatic carbocycles. The lowest BCUT2D eigenvalue weighted by Gasteiger charge is -2.01. The number of aldehydes is 1. The summed E-state index contributed by atoms with van der Waals surface area (Å²) in [6.45, 7) is 2.46. The fraction of sp³-hybridized carbons (Fsp3) is 0.182. The van der Waals surface area contributed by atoms with Gasteiger partial charge in [0.15, 0.2) is 12.2 Å². The highest BCUT2D eigenvalue weighted by Gasteiger charge is 2.10. The van der Waals surface area contributed by atoms with E-state index in [0.717, 1.165) is 5.52 Å². The summed E-state index contributed by atoms with van der Waals surface area (Å²) in [5.74, 6) is 0.584. The van der Waals surface area contributed by atoms with E-state index in [1.54, 1.807) is 18.2 Å². The third kappa shape index (κ3) is 1.54. The Morgan fingerprint density at radius 2 is 2.33 bits per heavy atom. The van der Waals surface area contributed by atoms with Gasteiger partial charge in [0.1, 0.15) is 5.75 Å². The van der Waals surface area contributed by atoms with Crippen LogP contribution in [0.15, 0.2) is 18.2 Å². The first kappa shape index (κ1) is 9.58. The Hall–Kier alpha value is -1.97. The van der Waals surface area contributed by atoms with E-state index in [-0.39, 0.29) is 11.4 Å². The molecule has 0 atom stereocenters. The van der Waals surface area contributed by atoms with E-state index in [4.69, 9.17) is 4.74 Å². The molecular weight excluding hydrogens is 194 g/mol. The van der Waals surface area contributed by atoms with Crippen molar-refractivity contribution in [3.05, 3.63) is 23.8 Å². The van der Waals surface area contributed by atoms with E-state index < -0.39 is 0 Å². The maximum atomic E-state index is 10.8. The molecule has 0 amide bonds. The van der Waals surface area contributed by atoms with E-state index in [1.807, 2.05) is 6.92 Å². The maximum Gasteiger partial charge on any atom is 0.200 e. The van der Waals surface area contributed by atoms with Gasteiger partial charge in [-0.25, -0.2) is 0 Å². The summed E-state index contributed by atoms with van der Waals surface area (Å²) in [5, 5.41) is 10.1. The van der Waals surface area contributed by atoms with Crippen molar-refractivity contribution in [2.45, 2.75) is 6.92 Å². The van der Waals surface area contributed by atoms with Crippen LogP contribution >= 0.6 is 0 Å². The lowest BCUT2D eigenvalue weighted by Crippen LogP contribution is -1.90. The number of H-pyrrole nitrogens is 1. The number of fused-ring (bicyclic) bond motifs is 1. The summed E-state index contributed by atoms with van der Waals surface area (Å²) in [7, 11) is 0. The predicted octanol–water partition coefficient (Wildman–Crippen LogP) is 2.08. The number of ether oxygens (including phenoxy) is 1. The van der Waals surface area contributed by atoms with Gasteiger partial charge in [-0.05, 0) is 25.1 Å². The van der Waals surface area contributed by atoms with Crippen LogP contribution < -0.4 is 4.74 Å². The summed E-state index contributed by atoms with van der Waals surface area (Å²) in [6.07, 6.45) is 0.629. The molecule has 4 heteroatoms. The first-order chi connectivity index (χ1) is 7.26. The lowest BCUT2D eigenvalue weighted by molar-refractivity contribution is 0.112. The molecule has 0 radical (unpaired) electrons. The Labute approximate surface area is 86.5 Å². The third-order valence-corrected chi connectivity index (χ3v) is 2.22. The van der Waals surface area contributed by atoms with Gasteiger partial charge in [0, 0.05) is 10.9 Å². The molecule has 0 spiro atoms. The molecule has 0 bridgehead atoms. The molecule has 0 saturated heterocycles. The molecule has 15 heavy (non-hydrogen) atoms. The fourth-order valence-corrected chi connectivity index (χ4v) is 1.55. The normalized spacial score (nSPS) is 10.5. The average molecular weight is 205 g/mol. The zero-order chi connectivity index (χ0) is 10.8. The minimum atomic E-state index is -0.103. The Kier molecular flexibility index (Phi) is 2.33. The number of nitrogens with one attached hydrogen (secondary N) is 1. The van der Waals surface area contributed by atoms with Crippen LogP contribution in [-0.2, 0) is 0 Å². The van der Waals surface area contributed by atoms with Crippen molar-refractivity contribution >= 4 is 17.2 Å². The molecule has 4 nitrogen and oxygen atoms in total.